The van der Waals surface area contributed by atoms with Crippen molar-refractivity contribution in [2.24, 2.45) is 0 Å². The number of imidazole rings is 2. The number of anilines is 1. The highest BCUT2D eigenvalue weighted by Crippen LogP contribution is 2.30. The van der Waals surface area contributed by atoms with E-state index in [1.807, 2.05) is 0 Å². The number of aromatic amines is 2. The molecular weight excluding hydrogens is 429 g/mol. The number of nitrogens with zero attached hydrogens (tertiary/aromatic N) is 4. The van der Waals surface area contributed by atoms with Crippen LogP contribution in [0.25, 0.3) is 11.2 Å². The highest BCUT2D eigenvalue weighted by atomic mass is 31.2. The summed E-state index contributed by atoms with van der Waals surface area (Å²) in [5.41, 5.74) is 5.12. The molecule has 0 aliphatic carbocycles. The van der Waals surface area contributed by atoms with E-state index in [2.05, 4.69) is 24.9 Å². The molecule has 30 heavy (non-hydrogen) atoms. The lowest BCUT2D eigenvalue weighted by Gasteiger charge is -2.16. The predicted molar refractivity (Wildman–Crippen MR) is 98.4 cm³/mol. The van der Waals surface area contributed by atoms with Gasteiger partial charge in [-0.1, -0.05) is 0 Å². The molecule has 0 spiro atoms. The quantitative estimate of drug-likeness (QED) is 0.175. The molecule has 4 heterocycles. The van der Waals surface area contributed by atoms with Crippen LogP contribution < -0.4 is 11.3 Å². The van der Waals surface area contributed by atoms with E-state index in [-0.39, 0.29) is 17.1 Å². The molecule has 0 bridgehead atoms. The molecule has 3 aromatic rings. The van der Waals surface area contributed by atoms with Gasteiger partial charge in [-0.2, -0.15) is 4.98 Å². The molecule has 1 fully saturated rings. The van der Waals surface area contributed by atoms with Gasteiger partial charge in [-0.05, 0) is 0 Å². The van der Waals surface area contributed by atoms with Crippen molar-refractivity contribution < 1.29 is 39.3 Å². The van der Waals surface area contributed by atoms with Crippen molar-refractivity contribution in [1.29, 1.82) is 0 Å². The number of H-pyrrole nitrogens is 2. The second-order valence-corrected chi connectivity index (χ2v) is 6.80. The summed E-state index contributed by atoms with van der Waals surface area (Å²) in [5, 5.41) is 28.7. The first kappa shape index (κ1) is 23.6. The average Bonchev–Trinajstić information content (AvgIpc) is 3.37. The van der Waals surface area contributed by atoms with E-state index < -0.39 is 44.5 Å². The number of hydrogen-bond donors (Lipinski definition) is 9. The minimum atomic E-state index is -4.64. The van der Waals surface area contributed by atoms with Gasteiger partial charge < -0.3 is 45.5 Å². The maximum Gasteiger partial charge on any atom is 0.466 e. The normalized spacial score (nSPS) is 23.4. The van der Waals surface area contributed by atoms with Gasteiger partial charge >= 0.3 is 7.82 Å². The molecule has 0 saturated carbocycles. The van der Waals surface area contributed by atoms with Gasteiger partial charge in [-0.25, -0.2) is 14.5 Å². The Hall–Kier alpha value is -2.69. The number of ether oxygens (including phenoxy) is 1. The number of fused-ring (bicyclic) bond motifs is 1. The molecule has 0 radical (unpaired) electrons. The van der Waals surface area contributed by atoms with Crippen molar-refractivity contribution >= 4 is 24.9 Å². The minimum Gasteiger partial charge on any atom is -0.394 e. The fourth-order valence-electron chi connectivity index (χ4n) is 2.45. The van der Waals surface area contributed by atoms with Gasteiger partial charge in [-0.15, -0.1) is 0 Å². The van der Waals surface area contributed by atoms with E-state index in [0.717, 1.165) is 0 Å². The summed E-state index contributed by atoms with van der Waals surface area (Å²) in [6.07, 6.45) is 1.87. The van der Waals surface area contributed by atoms with Crippen LogP contribution in [0.3, 0.4) is 0 Å². The standard InChI is InChI=1S/C10H13N5O5.C3H4N2.H3O4P/c11-10-13-7-4(8(19)14-10)12-2-15(7)9-6(18)5(17)3(1-16)20-9;1-2-5-3-4-1;1-5(2,3)4/h2-3,5-6,9,16-18H,1H2,(H3,11,13,14,19);1-3H,(H,4,5);(H3,1,2,3,4)/t3-,5-,6-,9-;;/m1../s1. The summed E-state index contributed by atoms with van der Waals surface area (Å²) in [7, 11) is -4.64. The van der Waals surface area contributed by atoms with Gasteiger partial charge in [0.2, 0.25) is 5.95 Å². The van der Waals surface area contributed by atoms with Gasteiger partial charge in [0.15, 0.2) is 17.4 Å². The first-order valence-electron chi connectivity index (χ1n) is 8.08. The Kier molecular flexibility index (Phi) is 7.77. The maximum atomic E-state index is 11.7. The molecule has 1 aliphatic heterocycles. The summed E-state index contributed by atoms with van der Waals surface area (Å²) >= 11 is 0. The number of rotatable bonds is 2. The number of nitrogens with two attached hydrogens (primary N) is 1. The Bertz CT molecular complexity index is 1010. The van der Waals surface area contributed by atoms with Crippen LogP contribution in [-0.2, 0) is 9.30 Å². The Labute approximate surface area is 166 Å². The van der Waals surface area contributed by atoms with E-state index in [4.69, 9.17) is 34.8 Å². The Morgan fingerprint density at radius 1 is 1.27 bits per heavy atom. The van der Waals surface area contributed by atoms with E-state index in [0.29, 0.717) is 0 Å². The Morgan fingerprint density at radius 3 is 2.40 bits per heavy atom. The summed E-state index contributed by atoms with van der Waals surface area (Å²) in [6.45, 7) is -0.447. The van der Waals surface area contributed by atoms with Crippen molar-refractivity contribution in [2.45, 2.75) is 24.5 Å². The van der Waals surface area contributed by atoms with Crippen LogP contribution in [0.15, 0.2) is 29.8 Å². The third-order valence-corrected chi connectivity index (χ3v) is 3.65. The number of nitrogens with one attached hydrogen (secondary N) is 2. The van der Waals surface area contributed by atoms with E-state index in [9.17, 15) is 15.0 Å². The van der Waals surface area contributed by atoms with Crippen LogP contribution in [0.5, 0.6) is 0 Å². The molecule has 16 nitrogen and oxygen atoms in total. The van der Waals surface area contributed by atoms with Crippen LogP contribution in [0, 0.1) is 0 Å². The van der Waals surface area contributed by atoms with Gasteiger partial charge in [-0.3, -0.25) is 14.3 Å². The van der Waals surface area contributed by atoms with Crippen LogP contribution in [0.2, 0.25) is 0 Å². The fourth-order valence-corrected chi connectivity index (χ4v) is 2.45. The number of phosphoric acid groups is 1. The van der Waals surface area contributed by atoms with Crippen LogP contribution >= 0.6 is 7.82 Å². The Morgan fingerprint density at radius 2 is 1.93 bits per heavy atom. The summed E-state index contributed by atoms with van der Waals surface area (Å²) in [6, 6.07) is 0. The van der Waals surface area contributed by atoms with E-state index in [1.54, 1.807) is 18.7 Å². The molecule has 4 rings (SSSR count). The number of nitrogen functional groups attached to an aromatic ring is 1. The zero-order chi connectivity index (χ0) is 22.5. The monoisotopic (exact) mass is 449 g/mol. The van der Waals surface area contributed by atoms with Gasteiger partial charge in [0.25, 0.3) is 5.56 Å². The van der Waals surface area contributed by atoms with Gasteiger partial charge in [0.1, 0.15) is 18.3 Å². The fraction of sp³-hybridized carbons (Fsp3) is 0.385. The molecule has 0 unspecified atom stereocenters. The SMILES string of the molecule is Nc1nc2c(ncn2[C@@H]2O[C@H](CO)[C@@H](O)[C@H]2O)c(=O)[nH]1.O=P(O)(O)O.c1c[nH]cn1. The molecule has 4 atom stereocenters. The van der Waals surface area contributed by atoms with Crippen molar-refractivity contribution in [3.05, 3.63) is 35.4 Å². The number of aliphatic hydroxyl groups is 3. The van der Waals surface area contributed by atoms with E-state index >= 15 is 0 Å². The molecule has 0 amide bonds. The lowest BCUT2D eigenvalue weighted by Crippen LogP contribution is -2.33. The molecule has 0 aromatic carbocycles. The minimum absolute atomic E-state index is 0.0388. The first-order chi connectivity index (χ1) is 14.0. The van der Waals surface area contributed by atoms with Crippen LogP contribution in [0.4, 0.5) is 5.95 Å². The second kappa shape index (κ2) is 9.88. The summed E-state index contributed by atoms with van der Waals surface area (Å²) in [5.74, 6) is -0.101. The summed E-state index contributed by atoms with van der Waals surface area (Å²) < 4.78 is 15.5. The van der Waals surface area contributed by atoms with Gasteiger partial charge in [0, 0.05) is 12.4 Å². The molecule has 166 valence electrons. The first-order valence-corrected chi connectivity index (χ1v) is 9.65. The number of aromatic nitrogens is 6. The molecule has 17 heteroatoms. The second-order valence-electron chi connectivity index (χ2n) is 5.78. The van der Waals surface area contributed by atoms with Crippen molar-refractivity contribution in [2.75, 3.05) is 12.3 Å². The molecular formula is C13H20N7O9P. The zero-order valence-corrected chi connectivity index (χ0v) is 15.9. The highest BCUT2D eigenvalue weighted by molar-refractivity contribution is 7.45. The highest BCUT2D eigenvalue weighted by Gasteiger charge is 2.44. The van der Waals surface area contributed by atoms with Crippen molar-refractivity contribution in [1.82, 2.24) is 29.5 Å². The predicted octanol–water partition coefficient (Wildman–Crippen LogP) is -3.21. The third-order valence-electron chi connectivity index (χ3n) is 3.65. The third kappa shape index (κ3) is 6.15. The van der Waals surface area contributed by atoms with E-state index in [1.165, 1.54) is 10.9 Å². The van der Waals surface area contributed by atoms with Gasteiger partial charge in [0.05, 0.1) is 19.3 Å². The largest absolute Gasteiger partial charge is 0.466 e. The zero-order valence-electron chi connectivity index (χ0n) is 15.0. The lowest BCUT2D eigenvalue weighted by molar-refractivity contribution is -0.0511. The van der Waals surface area contributed by atoms with Crippen molar-refractivity contribution in [3.8, 4) is 0 Å². The van der Waals surface area contributed by atoms with Crippen molar-refractivity contribution in [3.63, 3.8) is 0 Å². The molecule has 1 aliphatic rings. The maximum absolute atomic E-state index is 11.7. The smallest absolute Gasteiger partial charge is 0.394 e. The average molecular weight is 449 g/mol. The lowest BCUT2D eigenvalue weighted by atomic mass is 10.1. The van der Waals surface area contributed by atoms with Crippen LogP contribution in [-0.4, -0.2) is 84.4 Å². The Balaban J connectivity index is 0.000000265. The topological polar surface area (TPSA) is 266 Å². The summed E-state index contributed by atoms with van der Waals surface area (Å²) in [4.78, 5) is 49.7. The number of aliphatic hydroxyl groups excluding tert-OH is 3. The molecule has 10 N–H and O–H groups in total. The van der Waals surface area contributed by atoms with Crippen LogP contribution in [0.1, 0.15) is 6.23 Å². The molecule has 1 saturated heterocycles. The number of hydrogen-bond acceptors (Lipinski definition) is 10. The molecule has 3 aromatic heterocycles.